The van der Waals surface area contributed by atoms with E-state index in [2.05, 4.69) is 150 Å². The minimum atomic E-state index is 0.759. The first-order chi connectivity index (χ1) is 20.6. The van der Waals surface area contributed by atoms with E-state index < -0.39 is 0 Å². The van der Waals surface area contributed by atoms with Crippen molar-refractivity contribution in [3.8, 4) is 16.8 Å². The van der Waals surface area contributed by atoms with Crippen LogP contribution in [0.4, 0.5) is 0 Å². The molecule has 42 heavy (non-hydrogen) atoms. The molecule has 0 bridgehead atoms. The number of fused-ring (bicyclic) bond motifs is 6. The Labute approximate surface area is 253 Å². The fourth-order valence-electron chi connectivity index (χ4n) is 6.40. The molecule has 0 atom stereocenters. The van der Waals surface area contributed by atoms with Crippen LogP contribution in [-0.2, 0) is 0 Å². The van der Waals surface area contributed by atoms with Gasteiger partial charge in [0.05, 0.1) is 27.3 Å². The number of aromatic nitrogens is 2. The molecule has 0 saturated carbocycles. The van der Waals surface area contributed by atoms with Crippen LogP contribution in [0.3, 0.4) is 0 Å². The molecule has 0 fully saturated rings. The van der Waals surface area contributed by atoms with Crippen molar-refractivity contribution >= 4 is 61.7 Å². The summed E-state index contributed by atoms with van der Waals surface area (Å²) in [5, 5.41) is 4.49. The number of rotatable bonds is 4. The Kier molecular flexibility index (Phi) is 5.92. The van der Waals surface area contributed by atoms with Crippen molar-refractivity contribution in [2.75, 3.05) is 0 Å². The van der Waals surface area contributed by atoms with E-state index in [9.17, 15) is 0 Å². The van der Waals surface area contributed by atoms with Gasteiger partial charge in [-0.05, 0) is 77.7 Å². The summed E-state index contributed by atoms with van der Waals surface area (Å²) in [7, 11) is 0. The zero-order valence-corrected chi connectivity index (χ0v) is 24.9. The first-order valence-electron chi connectivity index (χ1n) is 14.1. The van der Waals surface area contributed by atoms with Gasteiger partial charge in [0, 0.05) is 20.7 Å². The molecule has 0 aliphatic heterocycles. The summed E-state index contributed by atoms with van der Waals surface area (Å²) in [4.78, 5) is 2.24. The molecule has 6 aromatic carbocycles. The molecule has 8 aromatic rings. The molecule has 0 N–H and O–H groups in total. The number of nitrogens with zero attached hydrogens (tertiary/aromatic N) is 2. The second-order valence-corrected chi connectivity index (χ2v) is 12.3. The molecule has 2 heterocycles. The van der Waals surface area contributed by atoms with E-state index in [1.807, 2.05) is 0 Å². The zero-order chi connectivity index (χ0) is 28.4. The maximum atomic E-state index is 7.40. The normalized spacial score (nSPS) is 11.8. The van der Waals surface area contributed by atoms with E-state index in [4.69, 9.17) is 11.6 Å². The monoisotopic (exact) mass is 578 g/mol. The molecular formula is C38H27ClN2S. The lowest BCUT2D eigenvalue weighted by Gasteiger charge is -2.16. The van der Waals surface area contributed by atoms with Gasteiger partial charge in [0.25, 0.3) is 0 Å². The summed E-state index contributed by atoms with van der Waals surface area (Å²) in [6.07, 6.45) is 0. The predicted octanol–water partition coefficient (Wildman–Crippen LogP) is 11.3. The summed E-state index contributed by atoms with van der Waals surface area (Å²) < 4.78 is 4.72. The smallest absolute Gasteiger partial charge is 0.126 e. The van der Waals surface area contributed by atoms with Gasteiger partial charge in [0.1, 0.15) is 5.65 Å². The summed E-state index contributed by atoms with van der Waals surface area (Å²) in [5.74, 6) is 0. The van der Waals surface area contributed by atoms with Crippen molar-refractivity contribution in [1.29, 1.82) is 0 Å². The van der Waals surface area contributed by atoms with Crippen LogP contribution in [0.5, 0.6) is 0 Å². The molecular weight excluding hydrogens is 552 g/mol. The van der Waals surface area contributed by atoms with Crippen LogP contribution in [0.25, 0.3) is 55.2 Å². The number of imidazole rings is 1. The number of hydrogen-bond acceptors (Lipinski definition) is 1. The minimum Gasteiger partial charge on any atom is -0.293 e. The molecule has 2 aromatic heterocycles. The SMILES string of the molecule is Cc1cc(Sc2ccc(-c3ccccc3)c3ccccc23)c(Cl)c(-n2c3ccccc3n3c4ccccc4c(C)c23)c1. The second kappa shape index (κ2) is 9.84. The Morgan fingerprint density at radius 2 is 1.21 bits per heavy atom. The van der Waals surface area contributed by atoms with Gasteiger partial charge in [0.15, 0.2) is 0 Å². The Balaban J connectivity index is 1.34. The quantitative estimate of drug-likeness (QED) is 0.202. The molecule has 0 radical (unpaired) electrons. The summed E-state index contributed by atoms with van der Waals surface area (Å²) in [6.45, 7) is 4.37. The van der Waals surface area contributed by atoms with E-state index in [0.717, 1.165) is 26.8 Å². The highest BCUT2D eigenvalue weighted by atomic mass is 35.5. The molecule has 0 aliphatic rings. The van der Waals surface area contributed by atoms with E-state index in [-0.39, 0.29) is 0 Å². The van der Waals surface area contributed by atoms with Gasteiger partial charge in [0.2, 0.25) is 0 Å². The average Bonchev–Trinajstić information content (AvgIpc) is 3.52. The lowest BCUT2D eigenvalue weighted by atomic mass is 9.98. The molecule has 202 valence electrons. The largest absolute Gasteiger partial charge is 0.293 e. The van der Waals surface area contributed by atoms with Gasteiger partial charge in [-0.15, -0.1) is 0 Å². The third-order valence-electron chi connectivity index (χ3n) is 8.27. The van der Waals surface area contributed by atoms with Gasteiger partial charge in [-0.25, -0.2) is 0 Å². The van der Waals surface area contributed by atoms with Crippen LogP contribution in [-0.4, -0.2) is 8.97 Å². The van der Waals surface area contributed by atoms with Crippen LogP contribution in [0.1, 0.15) is 11.1 Å². The third-order valence-corrected chi connectivity index (χ3v) is 9.89. The van der Waals surface area contributed by atoms with E-state index in [1.165, 1.54) is 54.3 Å². The molecule has 0 spiro atoms. The van der Waals surface area contributed by atoms with Crippen molar-refractivity contribution in [2.24, 2.45) is 0 Å². The summed E-state index contributed by atoms with van der Waals surface area (Å²) in [6, 6.07) is 45.4. The van der Waals surface area contributed by atoms with Gasteiger partial charge < -0.3 is 0 Å². The van der Waals surface area contributed by atoms with Crippen molar-refractivity contribution in [3.05, 3.63) is 144 Å². The molecule has 0 unspecified atom stereocenters. The Hall–Kier alpha value is -4.44. The van der Waals surface area contributed by atoms with Gasteiger partial charge in [-0.1, -0.05) is 114 Å². The van der Waals surface area contributed by atoms with Crippen molar-refractivity contribution in [3.63, 3.8) is 0 Å². The molecule has 0 aliphatic carbocycles. The lowest BCUT2D eigenvalue weighted by Crippen LogP contribution is -1.98. The number of hydrogen-bond donors (Lipinski definition) is 0. The Morgan fingerprint density at radius 1 is 0.571 bits per heavy atom. The fourth-order valence-corrected chi connectivity index (χ4v) is 7.81. The van der Waals surface area contributed by atoms with E-state index >= 15 is 0 Å². The van der Waals surface area contributed by atoms with E-state index in [0.29, 0.717) is 0 Å². The fraction of sp³-hybridized carbons (Fsp3) is 0.0526. The zero-order valence-electron chi connectivity index (χ0n) is 23.3. The average molecular weight is 579 g/mol. The second-order valence-electron chi connectivity index (χ2n) is 10.8. The highest BCUT2D eigenvalue weighted by molar-refractivity contribution is 7.99. The number of para-hydroxylation sites is 3. The molecule has 0 saturated heterocycles. The predicted molar refractivity (Wildman–Crippen MR) is 180 cm³/mol. The first kappa shape index (κ1) is 25.3. The topological polar surface area (TPSA) is 9.34 Å². The standard InChI is InChI=1S/C38H27ClN2S/c1-24-22-34(41-33-19-11-10-18-32(33)40-31-17-9-8-14-27(31)25(2)38(40)41)37(39)36(23-24)42-35-21-20-28(26-12-4-3-5-13-26)29-15-6-7-16-30(29)35/h3-23H,1-2H3. The highest BCUT2D eigenvalue weighted by Crippen LogP contribution is 2.44. The molecule has 4 heteroatoms. The van der Waals surface area contributed by atoms with Crippen LogP contribution in [0, 0.1) is 13.8 Å². The minimum absolute atomic E-state index is 0.759. The maximum Gasteiger partial charge on any atom is 0.126 e. The van der Waals surface area contributed by atoms with Crippen molar-refractivity contribution < 1.29 is 0 Å². The Morgan fingerprint density at radius 3 is 2.00 bits per heavy atom. The van der Waals surface area contributed by atoms with Gasteiger partial charge in [-0.2, -0.15) is 0 Å². The third kappa shape index (κ3) is 3.81. The van der Waals surface area contributed by atoms with Crippen LogP contribution in [0.2, 0.25) is 5.02 Å². The number of aryl methyl sites for hydroxylation is 2. The van der Waals surface area contributed by atoms with Crippen LogP contribution < -0.4 is 0 Å². The number of halogens is 1. The van der Waals surface area contributed by atoms with Gasteiger partial charge >= 0.3 is 0 Å². The highest BCUT2D eigenvalue weighted by Gasteiger charge is 2.22. The number of benzene rings is 6. The summed E-state index contributed by atoms with van der Waals surface area (Å²) >= 11 is 9.14. The molecule has 2 nitrogen and oxygen atoms in total. The van der Waals surface area contributed by atoms with Crippen molar-refractivity contribution in [1.82, 2.24) is 8.97 Å². The lowest BCUT2D eigenvalue weighted by molar-refractivity contribution is 1.12. The van der Waals surface area contributed by atoms with Crippen LogP contribution in [0.15, 0.2) is 137 Å². The molecule has 0 amide bonds. The van der Waals surface area contributed by atoms with Gasteiger partial charge in [-0.3, -0.25) is 8.97 Å². The maximum absolute atomic E-state index is 7.40. The van der Waals surface area contributed by atoms with E-state index in [1.54, 1.807) is 11.8 Å². The van der Waals surface area contributed by atoms with Crippen LogP contribution >= 0.6 is 23.4 Å². The molecule has 8 rings (SSSR count). The first-order valence-corrected chi connectivity index (χ1v) is 15.3. The summed E-state index contributed by atoms with van der Waals surface area (Å²) in [5.41, 5.74) is 10.6. The Bertz CT molecular complexity index is 2310. The van der Waals surface area contributed by atoms with Crippen molar-refractivity contribution in [2.45, 2.75) is 23.6 Å².